The monoisotopic (exact) mass is 311 g/mol. The van der Waals surface area contributed by atoms with Crippen LogP contribution < -0.4 is 9.46 Å². The summed E-state index contributed by atoms with van der Waals surface area (Å²) in [6.07, 6.45) is 0. The van der Waals surface area contributed by atoms with Crippen LogP contribution >= 0.6 is 11.6 Å². The summed E-state index contributed by atoms with van der Waals surface area (Å²) in [7, 11) is -2.23. The van der Waals surface area contributed by atoms with Gasteiger partial charge in [0.1, 0.15) is 5.75 Å². The molecule has 20 heavy (non-hydrogen) atoms. The largest absolute Gasteiger partial charge is 0.495 e. The number of anilines is 1. The number of hydrogen-bond donors (Lipinski definition) is 1. The molecule has 0 atom stereocenters. The molecule has 2 aromatic rings. The zero-order valence-corrected chi connectivity index (χ0v) is 12.6. The zero-order chi connectivity index (χ0) is 14.8. The lowest BCUT2D eigenvalue weighted by molar-refractivity contribution is 0.417. The molecule has 0 radical (unpaired) electrons. The predicted molar refractivity (Wildman–Crippen MR) is 80.0 cm³/mol. The summed E-state index contributed by atoms with van der Waals surface area (Å²) in [6.45, 7) is 1.67. The van der Waals surface area contributed by atoms with Gasteiger partial charge < -0.3 is 4.74 Å². The molecular formula is C14H14ClNO3S. The number of para-hydroxylation sites is 2. The van der Waals surface area contributed by atoms with E-state index in [1.165, 1.54) is 13.2 Å². The fourth-order valence-electron chi connectivity index (χ4n) is 1.81. The van der Waals surface area contributed by atoms with Crippen LogP contribution in [-0.2, 0) is 10.0 Å². The molecule has 0 amide bonds. The van der Waals surface area contributed by atoms with Gasteiger partial charge in [0.15, 0.2) is 0 Å². The first-order valence-electron chi connectivity index (χ1n) is 5.86. The Balaban J connectivity index is 2.44. The van der Waals surface area contributed by atoms with Crippen LogP contribution in [0, 0.1) is 6.92 Å². The van der Waals surface area contributed by atoms with Crippen LogP contribution in [0.3, 0.4) is 0 Å². The Morgan fingerprint density at radius 2 is 1.80 bits per heavy atom. The number of halogens is 1. The third kappa shape index (κ3) is 2.89. The minimum Gasteiger partial charge on any atom is -0.495 e. The van der Waals surface area contributed by atoms with E-state index in [1.807, 2.05) is 0 Å². The van der Waals surface area contributed by atoms with Gasteiger partial charge >= 0.3 is 0 Å². The number of methoxy groups -OCH3 is 1. The van der Waals surface area contributed by atoms with Crippen LogP contribution in [0.2, 0.25) is 5.02 Å². The molecule has 2 rings (SSSR count). The molecule has 0 fully saturated rings. The fourth-order valence-corrected chi connectivity index (χ4v) is 3.38. The molecule has 0 saturated heterocycles. The van der Waals surface area contributed by atoms with Crippen molar-refractivity contribution < 1.29 is 13.2 Å². The minimum absolute atomic E-state index is 0.149. The molecule has 0 aliphatic rings. The van der Waals surface area contributed by atoms with Gasteiger partial charge in [-0.05, 0) is 36.8 Å². The van der Waals surface area contributed by atoms with Gasteiger partial charge in [0.05, 0.1) is 17.7 Å². The molecule has 0 spiro atoms. The van der Waals surface area contributed by atoms with E-state index < -0.39 is 10.0 Å². The maximum Gasteiger partial charge on any atom is 0.262 e. The van der Waals surface area contributed by atoms with Crippen LogP contribution in [0.1, 0.15) is 5.56 Å². The molecule has 4 nitrogen and oxygen atoms in total. The van der Waals surface area contributed by atoms with Crippen LogP contribution in [0.5, 0.6) is 5.75 Å². The van der Waals surface area contributed by atoms with Crippen molar-refractivity contribution in [2.45, 2.75) is 11.8 Å². The number of hydrogen-bond acceptors (Lipinski definition) is 3. The fraction of sp³-hybridized carbons (Fsp3) is 0.143. The van der Waals surface area contributed by atoms with Gasteiger partial charge in [0.25, 0.3) is 10.0 Å². The Hall–Kier alpha value is -1.72. The average molecular weight is 312 g/mol. The number of sulfonamides is 1. The molecular weight excluding hydrogens is 298 g/mol. The van der Waals surface area contributed by atoms with Crippen LogP contribution in [0.15, 0.2) is 47.4 Å². The molecule has 106 valence electrons. The molecule has 0 unspecified atom stereocenters. The predicted octanol–water partition coefficient (Wildman–Crippen LogP) is 3.46. The lowest BCUT2D eigenvalue weighted by Crippen LogP contribution is -2.15. The van der Waals surface area contributed by atoms with E-state index in [2.05, 4.69) is 4.72 Å². The summed E-state index contributed by atoms with van der Waals surface area (Å²) in [6, 6.07) is 11.6. The van der Waals surface area contributed by atoms with Gasteiger partial charge in [-0.3, -0.25) is 4.72 Å². The van der Waals surface area contributed by atoms with E-state index in [0.29, 0.717) is 22.0 Å². The second-order valence-electron chi connectivity index (χ2n) is 4.17. The Morgan fingerprint density at radius 1 is 1.10 bits per heavy atom. The topological polar surface area (TPSA) is 55.4 Å². The first-order valence-corrected chi connectivity index (χ1v) is 7.73. The van der Waals surface area contributed by atoms with Gasteiger partial charge in [0.2, 0.25) is 0 Å². The standard InChI is InChI=1S/C14H14ClNO3S/c1-10-11(15)6-5-9-14(10)20(17,18)16-12-7-3-4-8-13(12)19-2/h3-9,16H,1-2H3. The summed E-state index contributed by atoms with van der Waals surface area (Å²) in [5, 5.41) is 0.410. The summed E-state index contributed by atoms with van der Waals surface area (Å²) < 4.78 is 32.5. The van der Waals surface area contributed by atoms with E-state index in [0.717, 1.165) is 0 Å². The normalized spacial score (nSPS) is 11.2. The van der Waals surface area contributed by atoms with Crippen molar-refractivity contribution in [2.24, 2.45) is 0 Å². The molecule has 0 saturated carbocycles. The van der Waals surface area contributed by atoms with E-state index in [4.69, 9.17) is 16.3 Å². The molecule has 2 aromatic carbocycles. The van der Waals surface area contributed by atoms with Crippen molar-refractivity contribution in [1.29, 1.82) is 0 Å². The first-order chi connectivity index (χ1) is 9.45. The van der Waals surface area contributed by atoms with Gasteiger partial charge in [-0.2, -0.15) is 0 Å². The van der Waals surface area contributed by atoms with Crippen molar-refractivity contribution in [2.75, 3.05) is 11.8 Å². The van der Waals surface area contributed by atoms with Crippen molar-refractivity contribution in [3.63, 3.8) is 0 Å². The number of benzene rings is 2. The van der Waals surface area contributed by atoms with E-state index >= 15 is 0 Å². The van der Waals surface area contributed by atoms with Crippen molar-refractivity contribution in [3.05, 3.63) is 53.1 Å². The summed E-state index contributed by atoms with van der Waals surface area (Å²) in [5.41, 5.74) is 0.894. The molecule has 0 aliphatic carbocycles. The van der Waals surface area contributed by atoms with Crippen molar-refractivity contribution >= 4 is 27.3 Å². The van der Waals surface area contributed by atoms with Gasteiger partial charge in [0, 0.05) is 5.02 Å². The third-order valence-electron chi connectivity index (χ3n) is 2.86. The molecule has 0 heterocycles. The zero-order valence-electron chi connectivity index (χ0n) is 11.1. The van der Waals surface area contributed by atoms with Gasteiger partial charge in [-0.1, -0.05) is 29.8 Å². The highest BCUT2D eigenvalue weighted by atomic mass is 35.5. The second-order valence-corrected chi connectivity index (χ2v) is 6.23. The smallest absolute Gasteiger partial charge is 0.262 e. The Labute approximate surface area is 123 Å². The first kappa shape index (κ1) is 14.7. The van der Waals surface area contributed by atoms with Crippen molar-refractivity contribution in [1.82, 2.24) is 0 Å². The van der Waals surface area contributed by atoms with Crippen LogP contribution in [0.25, 0.3) is 0 Å². The third-order valence-corrected chi connectivity index (χ3v) is 4.78. The number of rotatable bonds is 4. The highest BCUT2D eigenvalue weighted by Crippen LogP contribution is 2.28. The molecule has 0 aromatic heterocycles. The molecule has 6 heteroatoms. The average Bonchev–Trinajstić information content (AvgIpc) is 2.42. The van der Waals surface area contributed by atoms with Crippen molar-refractivity contribution in [3.8, 4) is 5.75 Å². The molecule has 0 aliphatic heterocycles. The van der Waals surface area contributed by atoms with Crippen LogP contribution in [0.4, 0.5) is 5.69 Å². The lowest BCUT2D eigenvalue weighted by atomic mass is 10.2. The Morgan fingerprint density at radius 3 is 2.50 bits per heavy atom. The SMILES string of the molecule is COc1ccccc1NS(=O)(=O)c1cccc(Cl)c1C. The Bertz CT molecular complexity index is 729. The quantitative estimate of drug-likeness (QED) is 0.940. The van der Waals surface area contributed by atoms with Crippen LogP contribution in [-0.4, -0.2) is 15.5 Å². The molecule has 1 N–H and O–H groups in total. The summed E-state index contributed by atoms with van der Waals surface area (Å²) >= 11 is 5.96. The second kappa shape index (κ2) is 5.73. The van der Waals surface area contributed by atoms with E-state index in [9.17, 15) is 8.42 Å². The Kier molecular flexibility index (Phi) is 4.20. The van der Waals surface area contributed by atoms with E-state index in [1.54, 1.807) is 43.3 Å². The lowest BCUT2D eigenvalue weighted by Gasteiger charge is -2.13. The highest BCUT2D eigenvalue weighted by Gasteiger charge is 2.19. The number of ether oxygens (including phenoxy) is 1. The maximum atomic E-state index is 12.4. The summed E-state index contributed by atoms with van der Waals surface area (Å²) in [5.74, 6) is 0.454. The maximum absolute atomic E-state index is 12.4. The molecule has 0 bridgehead atoms. The minimum atomic E-state index is -3.71. The van der Waals surface area contributed by atoms with Gasteiger partial charge in [-0.15, -0.1) is 0 Å². The summed E-state index contributed by atoms with van der Waals surface area (Å²) in [4.78, 5) is 0.149. The van der Waals surface area contributed by atoms with Gasteiger partial charge in [-0.25, -0.2) is 8.42 Å². The van der Waals surface area contributed by atoms with E-state index in [-0.39, 0.29) is 4.90 Å². The number of nitrogens with one attached hydrogen (secondary N) is 1. The highest BCUT2D eigenvalue weighted by molar-refractivity contribution is 7.92.